The van der Waals surface area contributed by atoms with Crippen molar-refractivity contribution in [2.75, 3.05) is 19.6 Å². The molecule has 3 N–H and O–H groups in total. The molecule has 1 aliphatic carbocycles. The third-order valence-electron chi connectivity index (χ3n) is 6.16. The predicted molar refractivity (Wildman–Crippen MR) is 92.5 cm³/mol. The highest BCUT2D eigenvalue weighted by atomic mass is 16.2. The van der Waals surface area contributed by atoms with Crippen LogP contribution in [0.15, 0.2) is 0 Å². The summed E-state index contributed by atoms with van der Waals surface area (Å²) < 4.78 is 0. The highest BCUT2D eigenvalue weighted by molar-refractivity contribution is 5.82. The summed E-state index contributed by atoms with van der Waals surface area (Å²) in [5.41, 5.74) is 6.66. The van der Waals surface area contributed by atoms with Crippen molar-refractivity contribution in [1.29, 1.82) is 5.26 Å². The zero-order chi connectivity index (χ0) is 16.9. The van der Waals surface area contributed by atoms with Gasteiger partial charge in [-0.15, -0.1) is 0 Å². The number of hydrogen-bond acceptors (Lipinski definition) is 5. The van der Waals surface area contributed by atoms with E-state index >= 15 is 0 Å². The van der Waals surface area contributed by atoms with Crippen molar-refractivity contribution < 1.29 is 4.79 Å². The van der Waals surface area contributed by atoms with Gasteiger partial charge >= 0.3 is 0 Å². The third-order valence-corrected chi connectivity index (χ3v) is 6.16. The lowest BCUT2D eigenvalue weighted by molar-refractivity contribution is -0.135. The van der Waals surface area contributed by atoms with Gasteiger partial charge in [0.15, 0.2) is 6.19 Å². The minimum atomic E-state index is -0.0861. The highest BCUT2D eigenvalue weighted by Gasteiger charge is 2.37. The normalized spacial score (nSPS) is 37.0. The smallest absolute Gasteiger partial charge is 0.241 e. The van der Waals surface area contributed by atoms with Gasteiger partial charge in [0.2, 0.25) is 5.91 Å². The van der Waals surface area contributed by atoms with E-state index in [4.69, 9.17) is 5.26 Å². The van der Waals surface area contributed by atoms with E-state index < -0.39 is 0 Å². The summed E-state index contributed by atoms with van der Waals surface area (Å²) in [6, 6.07) is 0.351. The molecule has 0 radical (unpaired) electrons. The number of nitrogens with one attached hydrogen (secondary N) is 3. The first-order valence-electron chi connectivity index (χ1n) is 9.59. The van der Waals surface area contributed by atoms with Gasteiger partial charge < -0.3 is 10.2 Å². The number of nitrogens with zero attached hydrogens (tertiary/aromatic N) is 2. The fourth-order valence-electron chi connectivity index (χ4n) is 4.58. The maximum Gasteiger partial charge on any atom is 0.241 e. The summed E-state index contributed by atoms with van der Waals surface area (Å²) >= 11 is 0. The van der Waals surface area contributed by atoms with Crippen molar-refractivity contribution in [2.24, 2.45) is 17.8 Å². The summed E-state index contributed by atoms with van der Waals surface area (Å²) in [6.07, 6.45) is 10.2. The molecular formula is C18H31N5O. The number of carbonyl (C=O) groups is 1. The Hall–Kier alpha value is -1.32. The molecule has 6 nitrogen and oxygen atoms in total. The molecule has 0 aromatic heterocycles. The first kappa shape index (κ1) is 17.5. The van der Waals surface area contributed by atoms with E-state index in [1.165, 1.54) is 25.7 Å². The Bertz CT molecular complexity index is 469. The number of hydrazine groups is 1. The molecule has 1 amide bonds. The molecular weight excluding hydrogens is 302 g/mol. The standard InChI is InChI=1S/C18H31N5O/c1-13-4-6-15(7-5-13)16-9-17(22-21-16)18(24)23-8-2-3-14(11-23)10-20-12-19/h13-17,20-22H,2-11H2,1H3/t13?,14-,15?,16?,17?/m1/s1. The number of carbonyl (C=O) groups excluding carboxylic acids is 1. The van der Waals surface area contributed by atoms with E-state index in [0.717, 1.165) is 38.3 Å². The molecule has 0 bridgehead atoms. The molecule has 0 aromatic rings. The van der Waals surface area contributed by atoms with E-state index in [9.17, 15) is 4.79 Å². The molecule has 2 aliphatic heterocycles. The number of piperidine rings is 1. The number of hydrogen-bond donors (Lipinski definition) is 3. The van der Waals surface area contributed by atoms with Crippen molar-refractivity contribution in [3.8, 4) is 6.19 Å². The largest absolute Gasteiger partial charge is 0.341 e. The summed E-state index contributed by atoms with van der Waals surface area (Å²) in [4.78, 5) is 14.8. The first-order valence-corrected chi connectivity index (χ1v) is 9.59. The fraction of sp³-hybridized carbons (Fsp3) is 0.889. The summed E-state index contributed by atoms with van der Waals surface area (Å²) in [7, 11) is 0. The number of likely N-dealkylation sites (tertiary alicyclic amines) is 1. The number of rotatable bonds is 4. The lowest BCUT2D eigenvalue weighted by atomic mass is 9.78. The van der Waals surface area contributed by atoms with Gasteiger partial charge in [0.1, 0.15) is 6.04 Å². The zero-order valence-corrected chi connectivity index (χ0v) is 14.8. The second kappa shape index (κ2) is 8.17. The van der Waals surface area contributed by atoms with Crippen LogP contribution >= 0.6 is 0 Å². The van der Waals surface area contributed by atoms with Crippen LogP contribution in [0, 0.1) is 29.2 Å². The van der Waals surface area contributed by atoms with Gasteiger partial charge in [-0.05, 0) is 49.9 Å². The zero-order valence-electron chi connectivity index (χ0n) is 14.8. The first-order chi connectivity index (χ1) is 11.7. The maximum absolute atomic E-state index is 12.8. The molecule has 0 spiro atoms. The molecule has 2 saturated heterocycles. The molecule has 3 aliphatic rings. The summed E-state index contributed by atoms with van der Waals surface area (Å²) in [5, 5.41) is 11.4. The van der Waals surface area contributed by atoms with Gasteiger partial charge in [0.25, 0.3) is 0 Å². The van der Waals surface area contributed by atoms with Crippen LogP contribution < -0.4 is 16.2 Å². The second-order valence-corrected chi connectivity index (χ2v) is 7.99. The van der Waals surface area contributed by atoms with E-state index in [1.54, 1.807) is 0 Å². The Balaban J connectivity index is 1.48. The van der Waals surface area contributed by atoms with Gasteiger partial charge in [-0.25, -0.2) is 5.43 Å². The molecule has 6 heteroatoms. The SMILES string of the molecule is CC1CCC(C2CC(C(=O)N3CCC[C@H](CNC#N)C3)NN2)CC1. The van der Waals surface area contributed by atoms with Gasteiger partial charge in [0, 0.05) is 25.7 Å². The Kier molecular flexibility index (Phi) is 5.96. The topological polar surface area (TPSA) is 80.2 Å². The lowest BCUT2D eigenvalue weighted by Gasteiger charge is -2.34. The molecule has 24 heavy (non-hydrogen) atoms. The van der Waals surface area contributed by atoms with E-state index in [1.807, 2.05) is 11.1 Å². The maximum atomic E-state index is 12.8. The quantitative estimate of drug-likeness (QED) is 0.535. The van der Waals surface area contributed by atoms with Crippen LogP contribution in [0.1, 0.15) is 51.9 Å². The lowest BCUT2D eigenvalue weighted by Crippen LogP contribution is -2.50. The van der Waals surface area contributed by atoms with Gasteiger partial charge in [-0.1, -0.05) is 19.8 Å². The van der Waals surface area contributed by atoms with Crippen molar-refractivity contribution >= 4 is 5.91 Å². The Morgan fingerprint density at radius 3 is 2.79 bits per heavy atom. The van der Waals surface area contributed by atoms with Crippen molar-refractivity contribution in [3.63, 3.8) is 0 Å². The van der Waals surface area contributed by atoms with Gasteiger partial charge in [0.05, 0.1) is 0 Å². The molecule has 1 saturated carbocycles. The summed E-state index contributed by atoms with van der Waals surface area (Å²) in [5.74, 6) is 2.20. The Morgan fingerprint density at radius 2 is 2.04 bits per heavy atom. The van der Waals surface area contributed by atoms with E-state index in [-0.39, 0.29) is 11.9 Å². The van der Waals surface area contributed by atoms with Crippen LogP contribution in [0.5, 0.6) is 0 Å². The molecule has 3 fully saturated rings. The Labute approximate surface area is 145 Å². The van der Waals surface area contributed by atoms with E-state index in [0.29, 0.717) is 24.4 Å². The van der Waals surface area contributed by atoms with Crippen LogP contribution in [0.25, 0.3) is 0 Å². The van der Waals surface area contributed by atoms with Crippen LogP contribution in [0.3, 0.4) is 0 Å². The summed E-state index contributed by atoms with van der Waals surface area (Å²) in [6.45, 7) is 4.65. The van der Waals surface area contributed by atoms with E-state index in [2.05, 4.69) is 23.1 Å². The van der Waals surface area contributed by atoms with Crippen molar-refractivity contribution in [1.82, 2.24) is 21.1 Å². The minimum absolute atomic E-state index is 0.0861. The fourth-order valence-corrected chi connectivity index (χ4v) is 4.58. The van der Waals surface area contributed by atoms with Crippen LogP contribution in [0.4, 0.5) is 0 Å². The molecule has 2 unspecified atom stereocenters. The molecule has 0 aromatic carbocycles. The second-order valence-electron chi connectivity index (χ2n) is 7.99. The molecule has 134 valence electrons. The van der Waals surface area contributed by atoms with Crippen molar-refractivity contribution in [3.05, 3.63) is 0 Å². The van der Waals surface area contributed by atoms with Gasteiger partial charge in [-0.2, -0.15) is 5.26 Å². The Morgan fingerprint density at radius 1 is 1.25 bits per heavy atom. The predicted octanol–water partition coefficient (Wildman–Crippen LogP) is 1.36. The number of amides is 1. The van der Waals surface area contributed by atoms with Crippen LogP contribution in [-0.2, 0) is 4.79 Å². The van der Waals surface area contributed by atoms with Crippen molar-refractivity contribution in [2.45, 2.75) is 64.0 Å². The molecule has 2 heterocycles. The molecule has 3 rings (SSSR count). The van der Waals surface area contributed by atoms with Crippen LogP contribution in [0.2, 0.25) is 0 Å². The highest BCUT2D eigenvalue weighted by Crippen LogP contribution is 2.33. The molecule has 3 atom stereocenters. The average Bonchev–Trinajstić information content (AvgIpc) is 3.10. The van der Waals surface area contributed by atoms with Gasteiger partial charge in [-0.3, -0.25) is 10.2 Å². The number of nitriles is 1. The third kappa shape index (κ3) is 4.20. The minimum Gasteiger partial charge on any atom is -0.341 e. The average molecular weight is 333 g/mol. The van der Waals surface area contributed by atoms with Crippen LogP contribution in [-0.4, -0.2) is 42.5 Å². The monoisotopic (exact) mass is 333 g/mol.